The Morgan fingerprint density at radius 2 is 1.88 bits per heavy atom. The second-order valence-electron chi connectivity index (χ2n) is 4.94. The monoisotopic (exact) mass is 217 g/mol. The first-order valence-corrected chi connectivity index (χ1v) is 6.26. The third-order valence-electron chi connectivity index (χ3n) is 3.98. The van der Waals surface area contributed by atoms with Crippen molar-refractivity contribution in [3.05, 3.63) is 29.3 Å². The topological polar surface area (TPSA) is 12.5 Å². The highest BCUT2D eigenvalue weighted by atomic mass is 16.5. The molecule has 1 heterocycles. The summed E-state index contributed by atoms with van der Waals surface area (Å²) < 4.78 is 5.29. The van der Waals surface area contributed by atoms with Crippen molar-refractivity contribution in [2.45, 2.75) is 31.7 Å². The molecule has 1 fully saturated rings. The Balaban J connectivity index is 1.77. The molecule has 16 heavy (non-hydrogen) atoms. The molecular formula is C14H19NO. The van der Waals surface area contributed by atoms with Crippen LogP contribution in [0.15, 0.2) is 18.2 Å². The molecule has 86 valence electrons. The largest absolute Gasteiger partial charge is 0.497 e. The highest BCUT2D eigenvalue weighted by Crippen LogP contribution is 2.30. The summed E-state index contributed by atoms with van der Waals surface area (Å²) in [5.74, 6) is 1.00. The van der Waals surface area contributed by atoms with E-state index in [1.807, 2.05) is 0 Å². The van der Waals surface area contributed by atoms with Crippen LogP contribution in [0.2, 0.25) is 0 Å². The lowest BCUT2D eigenvalue weighted by Crippen LogP contribution is -2.33. The lowest BCUT2D eigenvalue weighted by Gasteiger charge is -2.22. The van der Waals surface area contributed by atoms with E-state index >= 15 is 0 Å². The van der Waals surface area contributed by atoms with E-state index in [-0.39, 0.29) is 0 Å². The molecule has 0 spiro atoms. The number of rotatable bonds is 2. The number of methoxy groups -OCH3 is 1. The minimum Gasteiger partial charge on any atom is -0.497 e. The lowest BCUT2D eigenvalue weighted by atomic mass is 10.1. The van der Waals surface area contributed by atoms with Crippen molar-refractivity contribution in [1.82, 2.24) is 4.90 Å². The Kier molecular flexibility index (Phi) is 2.60. The summed E-state index contributed by atoms with van der Waals surface area (Å²) in [6.45, 7) is 2.60. The van der Waals surface area contributed by atoms with Gasteiger partial charge < -0.3 is 4.74 Å². The molecule has 1 aromatic rings. The Hall–Kier alpha value is -1.02. The fourth-order valence-electron chi connectivity index (χ4n) is 3.06. The molecule has 0 N–H and O–H groups in total. The highest BCUT2D eigenvalue weighted by Gasteiger charge is 2.28. The second kappa shape index (κ2) is 4.10. The zero-order chi connectivity index (χ0) is 11.0. The molecule has 1 aromatic carbocycles. The SMILES string of the molecule is COc1ccc2c(c1)CC(N1CCCC1)C2. The van der Waals surface area contributed by atoms with E-state index in [0.717, 1.165) is 11.8 Å². The molecular weight excluding hydrogens is 198 g/mol. The van der Waals surface area contributed by atoms with E-state index in [4.69, 9.17) is 4.74 Å². The number of likely N-dealkylation sites (tertiary alicyclic amines) is 1. The fraction of sp³-hybridized carbons (Fsp3) is 0.571. The van der Waals surface area contributed by atoms with Crippen LogP contribution in [0.3, 0.4) is 0 Å². The van der Waals surface area contributed by atoms with Gasteiger partial charge in [-0.15, -0.1) is 0 Å². The smallest absolute Gasteiger partial charge is 0.119 e. The molecule has 2 heteroatoms. The summed E-state index contributed by atoms with van der Waals surface area (Å²) in [6, 6.07) is 7.30. The molecule has 0 aromatic heterocycles. The van der Waals surface area contributed by atoms with Crippen LogP contribution in [0.25, 0.3) is 0 Å². The first kappa shape index (κ1) is 10.2. The number of nitrogens with zero attached hydrogens (tertiary/aromatic N) is 1. The summed E-state index contributed by atoms with van der Waals surface area (Å²) in [7, 11) is 1.74. The van der Waals surface area contributed by atoms with E-state index in [9.17, 15) is 0 Å². The number of hydrogen-bond acceptors (Lipinski definition) is 2. The van der Waals surface area contributed by atoms with Gasteiger partial charge >= 0.3 is 0 Å². The average Bonchev–Trinajstić information content (AvgIpc) is 2.96. The molecule has 1 atom stereocenters. The number of fused-ring (bicyclic) bond motifs is 1. The summed E-state index contributed by atoms with van der Waals surface area (Å²) in [5, 5.41) is 0. The van der Waals surface area contributed by atoms with Crippen molar-refractivity contribution < 1.29 is 4.74 Å². The highest BCUT2D eigenvalue weighted by molar-refractivity contribution is 5.40. The molecule has 1 aliphatic carbocycles. The van der Waals surface area contributed by atoms with Crippen molar-refractivity contribution in [3.63, 3.8) is 0 Å². The molecule has 1 saturated heterocycles. The molecule has 3 rings (SSSR count). The van der Waals surface area contributed by atoms with E-state index < -0.39 is 0 Å². The van der Waals surface area contributed by atoms with Crippen molar-refractivity contribution in [2.75, 3.05) is 20.2 Å². The Morgan fingerprint density at radius 1 is 1.12 bits per heavy atom. The zero-order valence-corrected chi connectivity index (χ0v) is 9.91. The van der Waals surface area contributed by atoms with Gasteiger partial charge in [0.15, 0.2) is 0 Å². The van der Waals surface area contributed by atoms with Crippen LogP contribution < -0.4 is 4.74 Å². The average molecular weight is 217 g/mol. The molecule has 2 aliphatic rings. The van der Waals surface area contributed by atoms with Gasteiger partial charge in [0.25, 0.3) is 0 Å². The molecule has 2 nitrogen and oxygen atoms in total. The van der Waals surface area contributed by atoms with Gasteiger partial charge in [-0.1, -0.05) is 6.07 Å². The Labute approximate surface area is 97.2 Å². The van der Waals surface area contributed by atoms with E-state index in [1.165, 1.54) is 49.9 Å². The fourth-order valence-corrected chi connectivity index (χ4v) is 3.06. The van der Waals surface area contributed by atoms with Crippen LogP contribution in [0, 0.1) is 0 Å². The summed E-state index contributed by atoms with van der Waals surface area (Å²) in [5.41, 5.74) is 3.02. The summed E-state index contributed by atoms with van der Waals surface area (Å²) >= 11 is 0. The van der Waals surface area contributed by atoms with Crippen LogP contribution in [0.5, 0.6) is 5.75 Å². The van der Waals surface area contributed by atoms with Crippen LogP contribution >= 0.6 is 0 Å². The first-order valence-electron chi connectivity index (χ1n) is 6.26. The summed E-state index contributed by atoms with van der Waals surface area (Å²) in [4.78, 5) is 2.66. The minimum atomic E-state index is 0.754. The predicted octanol–water partition coefficient (Wildman–Crippen LogP) is 2.26. The van der Waals surface area contributed by atoms with E-state index in [2.05, 4.69) is 23.1 Å². The van der Waals surface area contributed by atoms with Crippen molar-refractivity contribution in [3.8, 4) is 5.75 Å². The molecule has 0 saturated carbocycles. The van der Waals surface area contributed by atoms with Crippen LogP contribution in [-0.2, 0) is 12.8 Å². The third-order valence-corrected chi connectivity index (χ3v) is 3.98. The number of hydrogen-bond donors (Lipinski definition) is 0. The Morgan fingerprint density at radius 3 is 2.62 bits per heavy atom. The van der Waals surface area contributed by atoms with Gasteiger partial charge in [-0.05, 0) is 62.0 Å². The molecule has 0 bridgehead atoms. The van der Waals surface area contributed by atoms with Crippen LogP contribution in [-0.4, -0.2) is 31.1 Å². The molecule has 0 amide bonds. The number of benzene rings is 1. The van der Waals surface area contributed by atoms with Gasteiger partial charge in [0.2, 0.25) is 0 Å². The van der Waals surface area contributed by atoms with E-state index in [0.29, 0.717) is 0 Å². The molecule has 1 unspecified atom stereocenters. The maximum absolute atomic E-state index is 5.29. The van der Waals surface area contributed by atoms with Gasteiger partial charge in [-0.25, -0.2) is 0 Å². The van der Waals surface area contributed by atoms with E-state index in [1.54, 1.807) is 7.11 Å². The lowest BCUT2D eigenvalue weighted by molar-refractivity contribution is 0.250. The molecule has 1 aliphatic heterocycles. The van der Waals surface area contributed by atoms with Crippen molar-refractivity contribution in [2.24, 2.45) is 0 Å². The standard InChI is InChI=1S/C14H19NO/c1-16-14-5-4-11-8-13(9-12(11)10-14)15-6-2-3-7-15/h4-5,10,13H,2-3,6-9H2,1H3. The van der Waals surface area contributed by atoms with Gasteiger partial charge in [0.05, 0.1) is 7.11 Å². The van der Waals surface area contributed by atoms with Gasteiger partial charge in [-0.3, -0.25) is 4.90 Å². The normalized spacial score (nSPS) is 24.7. The summed E-state index contributed by atoms with van der Waals surface area (Å²) in [6.07, 6.45) is 5.22. The zero-order valence-electron chi connectivity index (χ0n) is 9.91. The quantitative estimate of drug-likeness (QED) is 0.753. The van der Waals surface area contributed by atoms with Gasteiger partial charge in [0.1, 0.15) is 5.75 Å². The second-order valence-corrected chi connectivity index (χ2v) is 4.94. The number of ether oxygens (including phenoxy) is 1. The first-order chi connectivity index (χ1) is 7.86. The minimum absolute atomic E-state index is 0.754. The molecule has 0 radical (unpaired) electrons. The van der Waals surface area contributed by atoms with Gasteiger partial charge in [-0.2, -0.15) is 0 Å². The third kappa shape index (κ3) is 1.71. The van der Waals surface area contributed by atoms with Gasteiger partial charge in [0, 0.05) is 6.04 Å². The van der Waals surface area contributed by atoms with Crippen LogP contribution in [0.1, 0.15) is 24.0 Å². The van der Waals surface area contributed by atoms with Crippen LogP contribution in [0.4, 0.5) is 0 Å². The van der Waals surface area contributed by atoms with Crippen molar-refractivity contribution in [1.29, 1.82) is 0 Å². The Bertz CT molecular complexity index is 382. The predicted molar refractivity (Wildman–Crippen MR) is 65.0 cm³/mol. The maximum atomic E-state index is 5.29. The maximum Gasteiger partial charge on any atom is 0.119 e. The van der Waals surface area contributed by atoms with Crippen molar-refractivity contribution >= 4 is 0 Å².